The van der Waals surface area contributed by atoms with E-state index in [1.54, 1.807) is 13.2 Å². The summed E-state index contributed by atoms with van der Waals surface area (Å²) in [6, 6.07) is 1.72. The molecule has 0 amide bonds. The van der Waals surface area contributed by atoms with Gasteiger partial charge in [-0.2, -0.15) is 0 Å². The van der Waals surface area contributed by atoms with E-state index >= 15 is 0 Å². The van der Waals surface area contributed by atoms with Crippen molar-refractivity contribution in [1.29, 1.82) is 0 Å². The Kier molecular flexibility index (Phi) is 3.42. The first-order valence-corrected chi connectivity index (χ1v) is 5.83. The lowest BCUT2D eigenvalue weighted by atomic mass is 10.2. The Morgan fingerprint density at radius 3 is 2.28 bits per heavy atom. The quantitative estimate of drug-likeness (QED) is 0.873. The average Bonchev–Trinajstić information content (AvgIpc) is 2.36. The van der Waals surface area contributed by atoms with E-state index < -0.39 is 0 Å². The second-order valence-electron chi connectivity index (χ2n) is 3.42. The van der Waals surface area contributed by atoms with Crippen molar-refractivity contribution in [2.45, 2.75) is 0 Å². The van der Waals surface area contributed by atoms with Crippen molar-refractivity contribution in [3.63, 3.8) is 0 Å². The van der Waals surface area contributed by atoms with Crippen LogP contribution in [0.15, 0.2) is 10.8 Å². The zero-order valence-corrected chi connectivity index (χ0v) is 11.7. The fourth-order valence-electron chi connectivity index (χ4n) is 1.72. The van der Waals surface area contributed by atoms with Crippen molar-refractivity contribution in [2.75, 3.05) is 27.1 Å². The first-order chi connectivity index (χ1) is 8.62. The van der Waals surface area contributed by atoms with Crippen molar-refractivity contribution in [3.05, 3.63) is 10.8 Å². The molecule has 0 radical (unpaired) electrons. The number of rotatable bonds is 3. The first-order valence-electron chi connectivity index (χ1n) is 5.04. The number of aromatic nitrogens is 2. The number of hydrogen-bond acceptors (Lipinski definition) is 6. The van der Waals surface area contributed by atoms with Gasteiger partial charge in [-0.15, -0.1) is 0 Å². The van der Waals surface area contributed by atoms with Gasteiger partial charge in [0.25, 0.3) is 0 Å². The van der Waals surface area contributed by atoms with E-state index in [9.17, 15) is 0 Å². The molecule has 2 N–H and O–H groups in total. The molecule has 0 unspecified atom stereocenters. The highest BCUT2D eigenvalue weighted by Gasteiger charge is 2.19. The smallest absolute Gasteiger partial charge is 0.205 e. The molecule has 0 aliphatic carbocycles. The Balaban J connectivity index is 2.92. The summed E-state index contributed by atoms with van der Waals surface area (Å²) in [4.78, 5) is 8.30. The highest BCUT2D eigenvalue weighted by atomic mass is 79.9. The van der Waals surface area contributed by atoms with Crippen LogP contribution in [-0.4, -0.2) is 31.3 Å². The lowest BCUT2D eigenvalue weighted by Gasteiger charge is -2.14. The normalized spacial score (nSPS) is 10.4. The Labute approximate surface area is 112 Å². The summed E-state index contributed by atoms with van der Waals surface area (Å²) >= 11 is 3.20. The van der Waals surface area contributed by atoms with Gasteiger partial charge in [0.15, 0.2) is 16.2 Å². The van der Waals surface area contributed by atoms with Gasteiger partial charge in [-0.1, -0.05) is 0 Å². The Morgan fingerprint density at radius 2 is 1.72 bits per heavy atom. The number of fused-ring (bicyclic) bond motifs is 1. The zero-order chi connectivity index (χ0) is 13.3. The number of nitrogens with two attached hydrogens (primary N) is 1. The summed E-state index contributed by atoms with van der Waals surface area (Å²) in [6.45, 7) is 0. The van der Waals surface area contributed by atoms with Crippen LogP contribution >= 0.6 is 15.9 Å². The minimum absolute atomic E-state index is 0.339. The number of hydrogen-bond donors (Lipinski definition) is 1. The van der Waals surface area contributed by atoms with Gasteiger partial charge >= 0.3 is 0 Å². The molecule has 2 rings (SSSR count). The number of nitrogen functional groups attached to an aromatic ring is 1. The third-order valence-corrected chi connectivity index (χ3v) is 2.85. The van der Waals surface area contributed by atoms with Crippen LogP contribution in [0.2, 0.25) is 0 Å². The molecule has 0 aliphatic rings. The molecule has 1 aromatic heterocycles. The van der Waals surface area contributed by atoms with Gasteiger partial charge in [0.2, 0.25) is 5.75 Å². The Morgan fingerprint density at radius 1 is 1.06 bits per heavy atom. The number of halogens is 1. The molecule has 2 aromatic rings. The van der Waals surface area contributed by atoms with Crippen LogP contribution < -0.4 is 19.9 Å². The number of nitrogens with zero attached hydrogens (tertiary/aromatic N) is 2. The molecular weight excluding hydrogens is 302 g/mol. The molecule has 0 saturated carbocycles. The molecule has 1 heterocycles. The fourth-order valence-corrected chi connectivity index (χ4v) is 2.09. The van der Waals surface area contributed by atoms with Crippen LogP contribution in [0.5, 0.6) is 17.2 Å². The van der Waals surface area contributed by atoms with E-state index in [0.29, 0.717) is 38.7 Å². The average molecular weight is 314 g/mol. The molecule has 18 heavy (non-hydrogen) atoms. The second kappa shape index (κ2) is 4.85. The summed E-state index contributed by atoms with van der Waals surface area (Å²) < 4.78 is 16.2. The number of anilines is 1. The van der Waals surface area contributed by atoms with E-state index in [-0.39, 0.29) is 0 Å². The van der Waals surface area contributed by atoms with E-state index in [2.05, 4.69) is 25.9 Å². The van der Waals surface area contributed by atoms with Crippen molar-refractivity contribution in [3.8, 4) is 17.2 Å². The topological polar surface area (TPSA) is 79.5 Å². The molecule has 6 nitrogen and oxygen atoms in total. The SMILES string of the molecule is COc1cc2c(N)nc(Br)nc2c(OC)c1OC. The second-order valence-corrected chi connectivity index (χ2v) is 4.13. The highest BCUT2D eigenvalue weighted by Crippen LogP contribution is 2.43. The van der Waals surface area contributed by atoms with Gasteiger partial charge in [-0.3, -0.25) is 0 Å². The summed E-state index contributed by atoms with van der Waals surface area (Å²) in [7, 11) is 4.60. The predicted octanol–water partition coefficient (Wildman–Crippen LogP) is 2.00. The van der Waals surface area contributed by atoms with Gasteiger partial charge in [0.1, 0.15) is 11.3 Å². The van der Waals surface area contributed by atoms with Crippen LogP contribution in [0.3, 0.4) is 0 Å². The van der Waals surface area contributed by atoms with Crippen LogP contribution in [-0.2, 0) is 0 Å². The third-order valence-electron chi connectivity index (χ3n) is 2.50. The lowest BCUT2D eigenvalue weighted by Crippen LogP contribution is -2.01. The van der Waals surface area contributed by atoms with Gasteiger partial charge in [-0.25, -0.2) is 9.97 Å². The van der Waals surface area contributed by atoms with E-state index in [4.69, 9.17) is 19.9 Å². The molecule has 96 valence electrons. The summed E-state index contributed by atoms with van der Waals surface area (Å²) in [6.07, 6.45) is 0. The molecule has 0 bridgehead atoms. The van der Waals surface area contributed by atoms with Crippen LogP contribution in [0.25, 0.3) is 10.9 Å². The van der Waals surface area contributed by atoms with Gasteiger partial charge in [0.05, 0.1) is 26.7 Å². The third kappa shape index (κ3) is 1.90. The Bertz CT molecular complexity index is 604. The van der Waals surface area contributed by atoms with Crippen molar-refractivity contribution >= 4 is 32.7 Å². The van der Waals surface area contributed by atoms with Gasteiger partial charge in [0, 0.05) is 0 Å². The van der Waals surface area contributed by atoms with Crippen molar-refractivity contribution in [2.24, 2.45) is 0 Å². The maximum absolute atomic E-state index is 5.86. The van der Waals surface area contributed by atoms with E-state index in [0.717, 1.165) is 0 Å². The Hall–Kier alpha value is -1.76. The largest absolute Gasteiger partial charge is 0.493 e. The summed E-state index contributed by atoms with van der Waals surface area (Å²) in [5.74, 6) is 1.78. The van der Waals surface area contributed by atoms with Gasteiger partial charge in [-0.05, 0) is 22.0 Å². The van der Waals surface area contributed by atoms with Crippen molar-refractivity contribution < 1.29 is 14.2 Å². The van der Waals surface area contributed by atoms with Crippen LogP contribution in [0, 0.1) is 0 Å². The maximum atomic E-state index is 5.86. The number of methoxy groups -OCH3 is 3. The van der Waals surface area contributed by atoms with Crippen LogP contribution in [0.4, 0.5) is 5.82 Å². The maximum Gasteiger partial charge on any atom is 0.205 e. The zero-order valence-electron chi connectivity index (χ0n) is 10.2. The summed E-state index contributed by atoms with van der Waals surface area (Å²) in [5, 5.41) is 0.646. The predicted molar refractivity (Wildman–Crippen MR) is 71.3 cm³/mol. The minimum atomic E-state index is 0.339. The minimum Gasteiger partial charge on any atom is -0.493 e. The first kappa shape index (κ1) is 12.7. The number of ether oxygens (including phenoxy) is 3. The standard InChI is InChI=1S/C11H12BrN3O3/c1-16-6-4-5-7(9(18-3)8(6)17-2)14-11(12)15-10(5)13/h4H,1-3H3,(H2,13,14,15). The van der Waals surface area contributed by atoms with E-state index in [1.165, 1.54) is 14.2 Å². The molecule has 0 fully saturated rings. The molecule has 0 saturated heterocycles. The fraction of sp³-hybridized carbons (Fsp3) is 0.273. The molecule has 0 spiro atoms. The highest BCUT2D eigenvalue weighted by molar-refractivity contribution is 9.10. The monoisotopic (exact) mass is 313 g/mol. The molecule has 7 heteroatoms. The molecule has 0 atom stereocenters. The van der Waals surface area contributed by atoms with Crippen molar-refractivity contribution in [1.82, 2.24) is 9.97 Å². The molecule has 1 aromatic carbocycles. The lowest BCUT2D eigenvalue weighted by molar-refractivity contribution is 0.327. The summed E-state index contributed by atoms with van der Waals surface area (Å²) in [5.41, 5.74) is 6.43. The van der Waals surface area contributed by atoms with Crippen LogP contribution in [0.1, 0.15) is 0 Å². The van der Waals surface area contributed by atoms with Gasteiger partial charge < -0.3 is 19.9 Å². The molecular formula is C11H12BrN3O3. The van der Waals surface area contributed by atoms with E-state index in [1.807, 2.05) is 0 Å². The molecule has 0 aliphatic heterocycles. The number of benzene rings is 1.